The molecular weight excluding hydrogens is 310 g/mol. The summed E-state index contributed by atoms with van der Waals surface area (Å²) in [6, 6.07) is 8.80. The van der Waals surface area contributed by atoms with Crippen molar-refractivity contribution in [2.75, 3.05) is 13.6 Å². The molecule has 0 saturated heterocycles. The Morgan fingerprint density at radius 3 is 2.56 bits per heavy atom. The zero-order valence-corrected chi connectivity index (χ0v) is 16.3. The van der Waals surface area contributed by atoms with E-state index in [1.807, 2.05) is 18.8 Å². The lowest BCUT2D eigenvalue weighted by Gasteiger charge is -2.18. The van der Waals surface area contributed by atoms with Crippen molar-refractivity contribution in [1.82, 2.24) is 20.4 Å². The van der Waals surface area contributed by atoms with Crippen LogP contribution >= 0.6 is 0 Å². The van der Waals surface area contributed by atoms with Crippen LogP contribution in [0.5, 0.6) is 0 Å². The maximum atomic E-state index is 4.50. The lowest BCUT2D eigenvalue weighted by molar-refractivity contribution is 0.635. The van der Waals surface area contributed by atoms with Crippen LogP contribution in [-0.4, -0.2) is 35.4 Å². The van der Waals surface area contributed by atoms with Gasteiger partial charge in [-0.15, -0.1) is 0 Å². The molecule has 0 aliphatic rings. The van der Waals surface area contributed by atoms with E-state index in [4.69, 9.17) is 0 Å². The highest BCUT2D eigenvalue weighted by Gasteiger charge is 2.13. The van der Waals surface area contributed by atoms with Crippen molar-refractivity contribution in [3.8, 4) is 0 Å². The molecule has 25 heavy (non-hydrogen) atoms. The number of guanidine groups is 1. The number of aliphatic imine (C=N–C) groups is 1. The van der Waals surface area contributed by atoms with Crippen LogP contribution in [0.1, 0.15) is 35.0 Å². The van der Waals surface area contributed by atoms with E-state index in [2.05, 4.69) is 72.7 Å². The molecule has 2 rings (SSSR count). The van der Waals surface area contributed by atoms with Crippen LogP contribution in [0.4, 0.5) is 0 Å². The highest BCUT2D eigenvalue weighted by molar-refractivity contribution is 5.79. The zero-order valence-electron chi connectivity index (χ0n) is 16.3. The van der Waals surface area contributed by atoms with Gasteiger partial charge in [-0.2, -0.15) is 5.10 Å². The van der Waals surface area contributed by atoms with E-state index in [0.717, 1.165) is 31.0 Å². The Labute approximate surface area is 151 Å². The molecule has 0 aliphatic carbocycles. The molecule has 2 N–H and O–H groups in total. The van der Waals surface area contributed by atoms with E-state index in [9.17, 15) is 0 Å². The van der Waals surface area contributed by atoms with Gasteiger partial charge >= 0.3 is 0 Å². The molecule has 1 unspecified atom stereocenters. The summed E-state index contributed by atoms with van der Waals surface area (Å²) in [4.78, 5) is 4.35. The third-order valence-electron chi connectivity index (χ3n) is 4.72. The van der Waals surface area contributed by atoms with Gasteiger partial charge in [-0.05, 0) is 57.2 Å². The molecular formula is C20H31N5. The van der Waals surface area contributed by atoms with Crippen LogP contribution in [0, 0.1) is 20.8 Å². The smallest absolute Gasteiger partial charge is 0.191 e. The summed E-state index contributed by atoms with van der Waals surface area (Å²) < 4.78 is 1.95. The van der Waals surface area contributed by atoms with Gasteiger partial charge in [0.25, 0.3) is 0 Å². The summed E-state index contributed by atoms with van der Waals surface area (Å²) in [5.74, 6) is 0.847. The first-order valence-electron chi connectivity index (χ1n) is 8.93. The molecule has 5 nitrogen and oxygen atoms in total. The van der Waals surface area contributed by atoms with Gasteiger partial charge in [-0.3, -0.25) is 9.67 Å². The standard InChI is InChI=1S/C20H31N5/c1-14-9-7-8-10-18(14)11-12-22-20(21-5)23-15(2)13-19-16(3)24-25(6)17(19)4/h7-10,15H,11-13H2,1-6H3,(H2,21,22,23). The number of benzene rings is 1. The van der Waals surface area contributed by atoms with Crippen molar-refractivity contribution in [1.29, 1.82) is 0 Å². The summed E-state index contributed by atoms with van der Waals surface area (Å²) in [5.41, 5.74) is 6.37. The maximum Gasteiger partial charge on any atom is 0.191 e. The average Bonchev–Trinajstić information content (AvgIpc) is 2.82. The maximum absolute atomic E-state index is 4.50. The zero-order chi connectivity index (χ0) is 18.4. The fourth-order valence-electron chi connectivity index (χ4n) is 3.10. The highest BCUT2D eigenvalue weighted by atomic mass is 15.3. The summed E-state index contributed by atoms with van der Waals surface area (Å²) in [6.45, 7) is 9.40. The molecule has 0 bridgehead atoms. The third-order valence-corrected chi connectivity index (χ3v) is 4.72. The number of aryl methyl sites for hydroxylation is 3. The molecule has 5 heteroatoms. The molecule has 1 atom stereocenters. The lowest BCUT2D eigenvalue weighted by Crippen LogP contribution is -2.43. The predicted molar refractivity (Wildman–Crippen MR) is 105 cm³/mol. The normalized spacial score (nSPS) is 13.0. The molecule has 0 aliphatic heterocycles. The first kappa shape index (κ1) is 19.0. The van der Waals surface area contributed by atoms with Crippen molar-refractivity contribution < 1.29 is 0 Å². The van der Waals surface area contributed by atoms with Gasteiger partial charge in [-0.1, -0.05) is 24.3 Å². The number of nitrogens with zero attached hydrogens (tertiary/aromatic N) is 3. The summed E-state index contributed by atoms with van der Waals surface area (Å²) in [5, 5.41) is 11.4. The first-order valence-corrected chi connectivity index (χ1v) is 8.93. The van der Waals surface area contributed by atoms with Crippen molar-refractivity contribution in [3.63, 3.8) is 0 Å². The number of hydrogen-bond donors (Lipinski definition) is 2. The molecule has 1 heterocycles. The van der Waals surface area contributed by atoms with E-state index in [1.54, 1.807) is 0 Å². The van der Waals surface area contributed by atoms with Gasteiger partial charge < -0.3 is 10.6 Å². The van der Waals surface area contributed by atoms with Gasteiger partial charge in [0.2, 0.25) is 0 Å². The summed E-state index contributed by atoms with van der Waals surface area (Å²) in [7, 11) is 3.81. The minimum Gasteiger partial charge on any atom is -0.356 e. The molecule has 1 aromatic carbocycles. The van der Waals surface area contributed by atoms with E-state index < -0.39 is 0 Å². The SMILES string of the molecule is CN=C(NCCc1ccccc1C)NC(C)Cc1c(C)nn(C)c1C. The minimum atomic E-state index is 0.284. The molecule has 2 aromatic rings. The van der Waals surface area contributed by atoms with Gasteiger partial charge in [0.15, 0.2) is 5.96 Å². The second-order valence-corrected chi connectivity index (χ2v) is 6.70. The second kappa shape index (κ2) is 8.70. The van der Waals surface area contributed by atoms with E-state index in [-0.39, 0.29) is 6.04 Å². The fourth-order valence-corrected chi connectivity index (χ4v) is 3.10. The number of nitrogens with one attached hydrogen (secondary N) is 2. The Morgan fingerprint density at radius 2 is 1.96 bits per heavy atom. The average molecular weight is 342 g/mol. The Kier molecular flexibility index (Phi) is 6.62. The third kappa shape index (κ3) is 5.08. The quantitative estimate of drug-likeness (QED) is 0.627. The predicted octanol–water partition coefficient (Wildman–Crippen LogP) is 2.68. The Bertz CT molecular complexity index is 730. The number of hydrogen-bond acceptors (Lipinski definition) is 2. The molecule has 0 fully saturated rings. The molecule has 0 radical (unpaired) electrons. The van der Waals surface area contributed by atoms with Crippen molar-refractivity contribution in [2.45, 2.75) is 46.6 Å². The van der Waals surface area contributed by atoms with Crippen LogP contribution in [-0.2, 0) is 19.9 Å². The fraction of sp³-hybridized carbons (Fsp3) is 0.500. The molecule has 136 valence electrons. The first-order chi connectivity index (χ1) is 11.9. The highest BCUT2D eigenvalue weighted by Crippen LogP contribution is 2.14. The van der Waals surface area contributed by atoms with Crippen LogP contribution < -0.4 is 10.6 Å². The molecule has 0 saturated carbocycles. The summed E-state index contributed by atoms with van der Waals surface area (Å²) >= 11 is 0. The van der Waals surface area contributed by atoms with E-state index in [0.29, 0.717) is 0 Å². The minimum absolute atomic E-state index is 0.284. The topological polar surface area (TPSA) is 54.2 Å². The Hall–Kier alpha value is -2.30. The van der Waals surface area contributed by atoms with E-state index >= 15 is 0 Å². The van der Waals surface area contributed by atoms with Gasteiger partial charge in [0.05, 0.1) is 5.69 Å². The second-order valence-electron chi connectivity index (χ2n) is 6.70. The van der Waals surface area contributed by atoms with Crippen LogP contribution in [0.3, 0.4) is 0 Å². The van der Waals surface area contributed by atoms with E-state index in [1.165, 1.54) is 22.4 Å². The number of aromatic nitrogens is 2. The van der Waals surface area contributed by atoms with Crippen molar-refractivity contribution in [3.05, 3.63) is 52.3 Å². The number of rotatable bonds is 6. The van der Waals surface area contributed by atoms with Crippen molar-refractivity contribution >= 4 is 5.96 Å². The molecule has 0 spiro atoms. The molecule has 0 amide bonds. The molecule has 1 aromatic heterocycles. The van der Waals surface area contributed by atoms with Crippen LogP contribution in [0.2, 0.25) is 0 Å². The lowest BCUT2D eigenvalue weighted by atomic mass is 10.1. The summed E-state index contributed by atoms with van der Waals surface area (Å²) in [6.07, 6.45) is 1.92. The van der Waals surface area contributed by atoms with Crippen molar-refractivity contribution in [2.24, 2.45) is 12.0 Å². The van der Waals surface area contributed by atoms with Crippen LogP contribution in [0.15, 0.2) is 29.3 Å². The van der Waals surface area contributed by atoms with Gasteiger partial charge in [0, 0.05) is 32.4 Å². The Balaban J connectivity index is 1.86. The van der Waals surface area contributed by atoms with Gasteiger partial charge in [0.1, 0.15) is 0 Å². The monoisotopic (exact) mass is 341 g/mol. The van der Waals surface area contributed by atoms with Gasteiger partial charge in [-0.25, -0.2) is 0 Å². The Morgan fingerprint density at radius 1 is 1.24 bits per heavy atom. The largest absolute Gasteiger partial charge is 0.356 e. The van der Waals surface area contributed by atoms with Crippen LogP contribution in [0.25, 0.3) is 0 Å².